The Bertz CT molecular complexity index is 698. The Kier molecular flexibility index (Phi) is 7.99. The van der Waals surface area contributed by atoms with E-state index in [0.717, 1.165) is 5.56 Å². The van der Waals surface area contributed by atoms with Gasteiger partial charge in [0, 0.05) is 0 Å². The number of hydrogen-bond acceptors (Lipinski definition) is 3. The molecule has 0 fully saturated rings. The highest BCUT2D eigenvalue weighted by atomic mass is 19.1. The third-order valence-corrected chi connectivity index (χ3v) is 4.02. The van der Waals surface area contributed by atoms with Gasteiger partial charge in [-0.2, -0.15) is 0 Å². The summed E-state index contributed by atoms with van der Waals surface area (Å²) in [6.07, 6.45) is 2.95. The molecule has 0 aliphatic carbocycles. The van der Waals surface area contributed by atoms with Crippen molar-refractivity contribution in [3.05, 3.63) is 83.7 Å². The quantitative estimate of drug-likeness (QED) is 0.495. The zero-order valence-corrected chi connectivity index (χ0v) is 14.4. The van der Waals surface area contributed by atoms with Gasteiger partial charge in [-0.15, -0.1) is 0 Å². The van der Waals surface area contributed by atoms with Gasteiger partial charge in [0.1, 0.15) is 5.82 Å². The van der Waals surface area contributed by atoms with Crippen molar-refractivity contribution in [1.29, 1.82) is 0 Å². The molecule has 0 amide bonds. The Hall–Kier alpha value is -2.50. The van der Waals surface area contributed by atoms with Crippen LogP contribution in [0.1, 0.15) is 30.1 Å². The summed E-state index contributed by atoms with van der Waals surface area (Å²) in [5.41, 5.74) is 1.58. The number of carboxylic acid groups (broad SMARTS) is 1. The summed E-state index contributed by atoms with van der Waals surface area (Å²) in [5.74, 6) is -2.09. The molecule has 26 heavy (non-hydrogen) atoms. The van der Waals surface area contributed by atoms with E-state index >= 15 is 0 Å². The maximum atomic E-state index is 12.9. The monoisotopic (exact) mass is 358 g/mol. The van der Waals surface area contributed by atoms with E-state index in [1.165, 1.54) is 24.3 Å². The molecule has 0 aliphatic rings. The number of carbonyl (C=O) groups is 1. The summed E-state index contributed by atoms with van der Waals surface area (Å²) in [7, 11) is 0. The summed E-state index contributed by atoms with van der Waals surface area (Å²) >= 11 is 0. The third kappa shape index (κ3) is 6.78. The smallest absolute Gasteiger partial charge is 0.306 e. The first-order valence-corrected chi connectivity index (χ1v) is 8.49. The van der Waals surface area contributed by atoms with E-state index in [9.17, 15) is 19.4 Å². The normalized spacial score (nSPS) is 13.6. The average Bonchev–Trinajstić information content (AvgIpc) is 2.64. The number of allylic oxidation sites excluding steroid dienone is 1. The van der Waals surface area contributed by atoms with E-state index in [-0.39, 0.29) is 6.42 Å². The fourth-order valence-electron chi connectivity index (χ4n) is 2.54. The molecular weight excluding hydrogens is 335 g/mol. The topological polar surface area (TPSA) is 66.8 Å². The number of hydrogen-bond donors (Lipinski definition) is 2. The van der Waals surface area contributed by atoms with Crippen molar-refractivity contribution in [3.8, 4) is 0 Å². The van der Waals surface area contributed by atoms with Crippen LogP contribution in [0, 0.1) is 11.7 Å². The molecule has 2 aromatic carbocycles. The van der Waals surface area contributed by atoms with Crippen LogP contribution < -0.4 is 0 Å². The van der Waals surface area contributed by atoms with Crippen molar-refractivity contribution < 1.29 is 24.1 Å². The number of aliphatic carboxylic acids is 1. The predicted molar refractivity (Wildman–Crippen MR) is 97.0 cm³/mol. The summed E-state index contributed by atoms with van der Waals surface area (Å²) in [4.78, 5) is 11.4. The molecule has 0 saturated carbocycles. The predicted octanol–water partition coefficient (Wildman–Crippen LogP) is 4.11. The molecule has 2 N–H and O–H groups in total. The molecule has 2 rings (SSSR count). The van der Waals surface area contributed by atoms with Crippen LogP contribution in [0.4, 0.5) is 4.39 Å². The molecule has 0 bridgehead atoms. The lowest BCUT2D eigenvalue weighted by atomic mass is 9.94. The molecule has 2 aromatic rings. The Labute approximate surface area is 152 Å². The second-order valence-corrected chi connectivity index (χ2v) is 6.05. The van der Waals surface area contributed by atoms with Gasteiger partial charge in [0.25, 0.3) is 0 Å². The summed E-state index contributed by atoms with van der Waals surface area (Å²) < 4.78 is 18.4. The molecule has 0 radical (unpaired) electrons. The van der Waals surface area contributed by atoms with Crippen molar-refractivity contribution >= 4 is 5.97 Å². The Morgan fingerprint density at radius 1 is 1.08 bits per heavy atom. The number of benzene rings is 2. The van der Waals surface area contributed by atoms with Crippen molar-refractivity contribution in [3.63, 3.8) is 0 Å². The van der Waals surface area contributed by atoms with Gasteiger partial charge in [-0.05, 0) is 36.1 Å². The molecule has 0 aliphatic heterocycles. The molecule has 0 spiro atoms. The first kappa shape index (κ1) is 19.8. The zero-order chi connectivity index (χ0) is 18.8. The van der Waals surface area contributed by atoms with E-state index in [2.05, 4.69) is 0 Å². The molecule has 0 saturated heterocycles. The zero-order valence-electron chi connectivity index (χ0n) is 14.4. The highest BCUT2D eigenvalue weighted by Crippen LogP contribution is 2.24. The van der Waals surface area contributed by atoms with Crippen LogP contribution in [-0.4, -0.2) is 22.8 Å². The van der Waals surface area contributed by atoms with Gasteiger partial charge < -0.3 is 14.9 Å². The van der Waals surface area contributed by atoms with E-state index < -0.39 is 23.8 Å². The van der Waals surface area contributed by atoms with Gasteiger partial charge in [-0.1, -0.05) is 54.6 Å². The minimum atomic E-state index is -0.971. The first-order chi connectivity index (χ1) is 12.6. The van der Waals surface area contributed by atoms with E-state index in [4.69, 9.17) is 4.74 Å². The highest BCUT2D eigenvalue weighted by molar-refractivity contribution is 5.70. The second kappa shape index (κ2) is 10.5. The number of rotatable bonds is 10. The standard InChI is InChI=1S/C21H23FO4/c22-19-11-9-17(10-12-19)20(23)14-18(21(24)25)8-4-5-13-26-15-16-6-2-1-3-7-16/h1-7,9-12,18,20,23H,8,13-15H2,(H,24,25). The van der Waals surface area contributed by atoms with E-state index in [0.29, 0.717) is 25.2 Å². The average molecular weight is 358 g/mol. The molecule has 2 atom stereocenters. The van der Waals surface area contributed by atoms with Crippen LogP contribution in [0.25, 0.3) is 0 Å². The Balaban J connectivity index is 1.76. The van der Waals surface area contributed by atoms with Crippen LogP contribution >= 0.6 is 0 Å². The summed E-state index contributed by atoms with van der Waals surface area (Å²) in [5, 5.41) is 19.5. The van der Waals surface area contributed by atoms with Gasteiger partial charge >= 0.3 is 5.97 Å². The number of ether oxygens (including phenoxy) is 1. The number of aliphatic hydroxyl groups excluding tert-OH is 1. The van der Waals surface area contributed by atoms with Crippen LogP contribution in [0.2, 0.25) is 0 Å². The lowest BCUT2D eigenvalue weighted by Gasteiger charge is -2.16. The maximum Gasteiger partial charge on any atom is 0.306 e. The third-order valence-electron chi connectivity index (χ3n) is 4.02. The molecule has 4 nitrogen and oxygen atoms in total. The van der Waals surface area contributed by atoms with E-state index in [1.807, 2.05) is 30.3 Å². The molecule has 5 heteroatoms. The molecule has 2 unspecified atom stereocenters. The Morgan fingerprint density at radius 2 is 1.77 bits per heavy atom. The first-order valence-electron chi connectivity index (χ1n) is 8.49. The van der Waals surface area contributed by atoms with Crippen LogP contribution in [0.15, 0.2) is 66.7 Å². The molecular formula is C21H23FO4. The van der Waals surface area contributed by atoms with Crippen molar-refractivity contribution in [1.82, 2.24) is 0 Å². The second-order valence-electron chi connectivity index (χ2n) is 6.05. The Morgan fingerprint density at radius 3 is 2.42 bits per heavy atom. The summed E-state index contributed by atoms with van der Waals surface area (Å²) in [6.45, 7) is 0.887. The lowest BCUT2D eigenvalue weighted by molar-refractivity contribution is -0.142. The number of carboxylic acids is 1. The SMILES string of the molecule is O=C(O)C(CC=CCOCc1ccccc1)CC(O)c1ccc(F)cc1. The molecule has 0 heterocycles. The van der Waals surface area contributed by atoms with Gasteiger partial charge in [-0.3, -0.25) is 4.79 Å². The number of aliphatic hydroxyl groups is 1. The van der Waals surface area contributed by atoms with Crippen LogP contribution in [-0.2, 0) is 16.1 Å². The fraction of sp³-hybridized carbons (Fsp3) is 0.286. The van der Waals surface area contributed by atoms with Crippen LogP contribution in [0.5, 0.6) is 0 Å². The number of halogens is 1. The largest absolute Gasteiger partial charge is 0.481 e. The minimum Gasteiger partial charge on any atom is -0.481 e. The van der Waals surface area contributed by atoms with Crippen LogP contribution in [0.3, 0.4) is 0 Å². The van der Waals surface area contributed by atoms with Gasteiger partial charge in [0.15, 0.2) is 0 Å². The van der Waals surface area contributed by atoms with Crippen molar-refractivity contribution in [2.45, 2.75) is 25.6 Å². The van der Waals surface area contributed by atoms with Gasteiger partial charge in [-0.25, -0.2) is 4.39 Å². The van der Waals surface area contributed by atoms with Crippen molar-refractivity contribution in [2.24, 2.45) is 5.92 Å². The molecule has 0 aromatic heterocycles. The van der Waals surface area contributed by atoms with Gasteiger partial charge in [0.2, 0.25) is 0 Å². The minimum absolute atomic E-state index is 0.0657. The van der Waals surface area contributed by atoms with Crippen molar-refractivity contribution in [2.75, 3.05) is 6.61 Å². The fourth-order valence-corrected chi connectivity index (χ4v) is 2.54. The maximum absolute atomic E-state index is 12.9. The van der Waals surface area contributed by atoms with E-state index in [1.54, 1.807) is 12.2 Å². The molecule has 138 valence electrons. The van der Waals surface area contributed by atoms with Gasteiger partial charge in [0.05, 0.1) is 25.2 Å². The highest BCUT2D eigenvalue weighted by Gasteiger charge is 2.21. The summed E-state index contributed by atoms with van der Waals surface area (Å²) in [6, 6.07) is 15.2. The lowest BCUT2D eigenvalue weighted by Crippen LogP contribution is -2.16.